The molecule has 1 aromatic carbocycles. The maximum Gasteiger partial charge on any atom is 0.417 e. The van der Waals surface area contributed by atoms with E-state index in [0.29, 0.717) is 0 Å². The van der Waals surface area contributed by atoms with Crippen molar-refractivity contribution in [1.82, 2.24) is 4.98 Å². The lowest BCUT2D eigenvalue weighted by molar-refractivity contribution is -0.137. The first-order valence-electron chi connectivity index (χ1n) is 7.07. The number of primary amides is 1. The van der Waals surface area contributed by atoms with E-state index >= 15 is 0 Å². The Morgan fingerprint density at radius 2 is 1.88 bits per heavy atom. The van der Waals surface area contributed by atoms with Crippen molar-refractivity contribution in [3.8, 4) is 11.3 Å². The third kappa shape index (κ3) is 3.63. The zero-order valence-corrected chi connectivity index (χ0v) is 12.8. The highest BCUT2D eigenvalue weighted by Gasteiger charge is 2.35. The summed E-state index contributed by atoms with van der Waals surface area (Å²) in [5, 5.41) is 2.51. The zero-order chi connectivity index (χ0) is 18.8. The summed E-state index contributed by atoms with van der Waals surface area (Å²) in [6, 6.07) is 4.41. The van der Waals surface area contributed by atoms with Crippen molar-refractivity contribution in [2.75, 3.05) is 24.1 Å². The minimum Gasteiger partial charge on any atom is -0.396 e. The first-order valence-corrected chi connectivity index (χ1v) is 7.07. The lowest BCUT2D eigenvalue weighted by Gasteiger charge is -2.17. The van der Waals surface area contributed by atoms with Gasteiger partial charge in [-0.25, -0.2) is 9.37 Å². The van der Waals surface area contributed by atoms with E-state index in [4.69, 9.17) is 17.2 Å². The van der Waals surface area contributed by atoms with Crippen LogP contribution in [-0.2, 0) is 6.18 Å². The molecule has 1 aromatic heterocycles. The number of carbonyl (C=O) groups excluding carboxylic acids is 1. The van der Waals surface area contributed by atoms with Gasteiger partial charge in [0.15, 0.2) is 11.6 Å². The van der Waals surface area contributed by atoms with Crippen LogP contribution < -0.4 is 22.5 Å². The highest BCUT2D eigenvalue weighted by atomic mass is 19.4. The molecule has 2 rings (SSSR count). The Morgan fingerprint density at radius 3 is 2.44 bits per heavy atom. The molecule has 6 nitrogen and oxygen atoms in total. The van der Waals surface area contributed by atoms with Gasteiger partial charge in [-0.1, -0.05) is 18.2 Å². The van der Waals surface area contributed by atoms with E-state index in [9.17, 15) is 22.4 Å². The van der Waals surface area contributed by atoms with Crippen LogP contribution in [0, 0.1) is 5.82 Å². The van der Waals surface area contributed by atoms with Crippen LogP contribution >= 0.6 is 0 Å². The number of nitrogens with one attached hydrogen (secondary N) is 1. The average Bonchev–Trinajstić information content (AvgIpc) is 2.54. The van der Waals surface area contributed by atoms with E-state index in [1.54, 1.807) is 0 Å². The first-order chi connectivity index (χ1) is 11.7. The number of pyridine rings is 1. The zero-order valence-electron chi connectivity index (χ0n) is 12.8. The second-order valence-electron chi connectivity index (χ2n) is 5.03. The van der Waals surface area contributed by atoms with Gasteiger partial charge in [0.2, 0.25) is 0 Å². The molecule has 25 heavy (non-hydrogen) atoms. The molecular formula is C15H15F4N5O. The number of aromatic nitrogens is 1. The summed E-state index contributed by atoms with van der Waals surface area (Å²) in [7, 11) is 0. The lowest BCUT2D eigenvalue weighted by atomic mass is 9.98. The van der Waals surface area contributed by atoms with Crippen LogP contribution in [0.2, 0.25) is 0 Å². The van der Waals surface area contributed by atoms with Crippen LogP contribution in [-0.4, -0.2) is 24.0 Å². The summed E-state index contributed by atoms with van der Waals surface area (Å²) >= 11 is 0. The molecule has 0 saturated carbocycles. The van der Waals surface area contributed by atoms with Gasteiger partial charge in [0, 0.05) is 18.7 Å². The number of hydrogen-bond donors (Lipinski definition) is 4. The molecule has 10 heteroatoms. The molecular weight excluding hydrogens is 342 g/mol. The molecule has 0 radical (unpaired) electrons. The fraction of sp³-hybridized carbons (Fsp3) is 0.200. The number of anilines is 2. The van der Waals surface area contributed by atoms with Gasteiger partial charge in [-0.2, -0.15) is 13.2 Å². The molecule has 0 fully saturated rings. The fourth-order valence-electron chi connectivity index (χ4n) is 2.27. The summed E-state index contributed by atoms with van der Waals surface area (Å²) < 4.78 is 54.1. The number of halogens is 4. The van der Waals surface area contributed by atoms with Crippen LogP contribution in [0.5, 0.6) is 0 Å². The summed E-state index contributed by atoms with van der Waals surface area (Å²) in [6.07, 6.45) is -4.72. The Labute approximate surface area is 140 Å². The second-order valence-corrected chi connectivity index (χ2v) is 5.03. The summed E-state index contributed by atoms with van der Waals surface area (Å²) in [5.74, 6) is -2.70. The van der Waals surface area contributed by atoms with Gasteiger partial charge in [-0.15, -0.1) is 0 Å². The fourth-order valence-corrected chi connectivity index (χ4v) is 2.27. The van der Waals surface area contributed by atoms with Crippen LogP contribution in [0.25, 0.3) is 11.3 Å². The van der Waals surface area contributed by atoms with Crippen molar-refractivity contribution in [2.24, 2.45) is 11.5 Å². The predicted molar refractivity (Wildman–Crippen MR) is 85.1 cm³/mol. The van der Waals surface area contributed by atoms with E-state index in [-0.39, 0.29) is 13.1 Å². The number of nitrogens with two attached hydrogens (primary N) is 3. The van der Waals surface area contributed by atoms with Gasteiger partial charge >= 0.3 is 6.18 Å². The molecule has 134 valence electrons. The third-order valence-electron chi connectivity index (χ3n) is 3.34. The number of hydrogen-bond acceptors (Lipinski definition) is 5. The molecule has 0 aliphatic rings. The minimum atomic E-state index is -4.72. The molecule has 0 unspecified atom stereocenters. The summed E-state index contributed by atoms with van der Waals surface area (Å²) in [4.78, 5) is 15.5. The molecule has 7 N–H and O–H groups in total. The molecule has 2 aromatic rings. The smallest absolute Gasteiger partial charge is 0.396 e. The number of amides is 1. The van der Waals surface area contributed by atoms with Crippen LogP contribution in [0.3, 0.4) is 0 Å². The van der Waals surface area contributed by atoms with Crippen molar-refractivity contribution in [1.29, 1.82) is 0 Å². The van der Waals surface area contributed by atoms with Crippen molar-refractivity contribution in [3.63, 3.8) is 0 Å². The van der Waals surface area contributed by atoms with Crippen LogP contribution in [0.15, 0.2) is 24.3 Å². The van der Waals surface area contributed by atoms with Crippen molar-refractivity contribution in [3.05, 3.63) is 41.2 Å². The molecule has 0 spiro atoms. The van der Waals surface area contributed by atoms with Crippen molar-refractivity contribution in [2.45, 2.75) is 6.18 Å². The topological polar surface area (TPSA) is 120 Å². The van der Waals surface area contributed by atoms with Gasteiger partial charge in [-0.3, -0.25) is 4.79 Å². The number of rotatable bonds is 5. The van der Waals surface area contributed by atoms with Crippen LogP contribution in [0.4, 0.5) is 29.1 Å². The molecule has 0 saturated heterocycles. The van der Waals surface area contributed by atoms with Gasteiger partial charge in [-0.05, 0) is 6.07 Å². The number of nitrogen functional groups attached to an aromatic ring is 1. The highest BCUT2D eigenvalue weighted by Crippen LogP contribution is 2.39. The standard InChI is InChI=1S/C15H15F4N5O/c16-10-11(21)9(13(22)25)12(24-14(10)23-6-5-20)7-3-1-2-4-8(7)15(17,18)19/h1-4H,5-6,20H2,(H2,22,25)(H3,21,23,24). The quantitative estimate of drug-likeness (QED) is 0.610. The number of nitrogens with zero attached hydrogens (tertiary/aromatic N) is 1. The van der Waals surface area contributed by atoms with Crippen LogP contribution in [0.1, 0.15) is 15.9 Å². The van der Waals surface area contributed by atoms with E-state index in [1.807, 2.05) is 0 Å². The van der Waals surface area contributed by atoms with Crippen molar-refractivity contribution < 1.29 is 22.4 Å². The number of benzene rings is 1. The maximum absolute atomic E-state index is 14.3. The molecule has 0 aliphatic carbocycles. The Bertz CT molecular complexity index is 807. The van der Waals surface area contributed by atoms with Gasteiger partial charge in [0.25, 0.3) is 5.91 Å². The average molecular weight is 357 g/mol. The lowest BCUT2D eigenvalue weighted by Crippen LogP contribution is -2.21. The molecule has 0 bridgehead atoms. The van der Waals surface area contributed by atoms with Gasteiger partial charge < -0.3 is 22.5 Å². The van der Waals surface area contributed by atoms with Gasteiger partial charge in [0.05, 0.1) is 22.5 Å². The first kappa shape index (κ1) is 18.5. The molecule has 1 amide bonds. The third-order valence-corrected chi connectivity index (χ3v) is 3.34. The maximum atomic E-state index is 14.3. The number of alkyl halides is 3. The second kappa shape index (κ2) is 6.93. The summed E-state index contributed by atoms with van der Waals surface area (Å²) in [6.45, 7) is 0.215. The highest BCUT2D eigenvalue weighted by molar-refractivity contribution is 6.04. The Morgan fingerprint density at radius 1 is 1.24 bits per heavy atom. The summed E-state index contributed by atoms with van der Waals surface area (Å²) in [5.41, 5.74) is 12.8. The Balaban J connectivity index is 2.81. The van der Waals surface area contributed by atoms with Crippen molar-refractivity contribution >= 4 is 17.4 Å². The Kier molecular flexibility index (Phi) is 5.12. The molecule has 0 atom stereocenters. The minimum absolute atomic E-state index is 0.0969. The van der Waals surface area contributed by atoms with E-state index in [0.717, 1.165) is 12.1 Å². The Hall–Kier alpha value is -2.88. The van der Waals surface area contributed by atoms with Gasteiger partial charge in [0.1, 0.15) is 0 Å². The normalized spacial score (nSPS) is 11.4. The predicted octanol–water partition coefficient (Wildman–Crippen LogP) is 1.96. The van der Waals surface area contributed by atoms with E-state index < -0.39 is 51.8 Å². The van der Waals surface area contributed by atoms with E-state index in [1.165, 1.54) is 12.1 Å². The molecule has 1 heterocycles. The monoisotopic (exact) mass is 357 g/mol. The van der Waals surface area contributed by atoms with E-state index in [2.05, 4.69) is 10.3 Å². The SMILES string of the molecule is NCCNc1nc(-c2ccccc2C(F)(F)F)c(C(N)=O)c(N)c1F. The number of carbonyl (C=O) groups is 1. The molecule has 0 aliphatic heterocycles. The largest absolute Gasteiger partial charge is 0.417 e.